The molecule has 0 bridgehead atoms. The number of carbonyl (C=O) groups excluding carboxylic acids is 1. The Morgan fingerprint density at radius 1 is 1.13 bits per heavy atom. The second kappa shape index (κ2) is 9.03. The number of rotatable bonds is 6. The van der Waals surface area contributed by atoms with Gasteiger partial charge in [-0.15, -0.1) is 0 Å². The molecule has 0 aliphatic rings. The highest BCUT2D eigenvalue weighted by Gasteiger charge is 2.24. The molecule has 0 aliphatic carbocycles. The monoisotopic (exact) mass is 463 g/mol. The zero-order valence-electron chi connectivity index (χ0n) is 16.1. The van der Waals surface area contributed by atoms with E-state index in [1.165, 1.54) is 6.07 Å². The minimum Gasteiger partial charge on any atom is -0.325 e. The Balaban J connectivity index is 1.72. The molecule has 156 valence electrons. The SMILES string of the molecule is Cc1ccc(S(=O)(=O)c2cnc(SCC(=O)Nc3ccc(Cl)cc3)[nH]c2=O)c(C)c1. The van der Waals surface area contributed by atoms with E-state index in [-0.39, 0.29) is 21.7 Å². The summed E-state index contributed by atoms with van der Waals surface area (Å²) < 4.78 is 25.7. The van der Waals surface area contributed by atoms with Gasteiger partial charge >= 0.3 is 0 Å². The van der Waals surface area contributed by atoms with Crippen LogP contribution in [0.15, 0.2) is 68.4 Å². The maximum absolute atomic E-state index is 12.9. The topological polar surface area (TPSA) is 109 Å². The molecule has 0 atom stereocenters. The number of hydrogen-bond acceptors (Lipinski definition) is 6. The average Bonchev–Trinajstić information content (AvgIpc) is 2.67. The third kappa shape index (κ3) is 5.10. The number of halogens is 1. The van der Waals surface area contributed by atoms with Gasteiger partial charge in [0.25, 0.3) is 5.56 Å². The summed E-state index contributed by atoms with van der Waals surface area (Å²) in [6, 6.07) is 11.5. The van der Waals surface area contributed by atoms with Crippen molar-refractivity contribution in [3.05, 3.63) is 75.2 Å². The second-order valence-corrected chi connectivity index (χ2v) is 9.78. The number of sulfone groups is 1. The number of aromatic amines is 1. The Kier molecular flexibility index (Phi) is 6.64. The molecule has 1 amide bonds. The first-order chi connectivity index (χ1) is 14.2. The maximum Gasteiger partial charge on any atom is 0.270 e. The van der Waals surface area contributed by atoms with E-state index in [0.717, 1.165) is 23.5 Å². The predicted molar refractivity (Wildman–Crippen MR) is 117 cm³/mol. The molecule has 2 N–H and O–H groups in total. The Hall–Kier alpha value is -2.62. The van der Waals surface area contributed by atoms with E-state index in [4.69, 9.17) is 11.6 Å². The number of nitrogens with one attached hydrogen (secondary N) is 2. The van der Waals surface area contributed by atoms with Crippen LogP contribution in [0, 0.1) is 13.8 Å². The van der Waals surface area contributed by atoms with Gasteiger partial charge in [-0.3, -0.25) is 9.59 Å². The summed E-state index contributed by atoms with van der Waals surface area (Å²) in [5.74, 6) is -0.327. The molecule has 7 nitrogen and oxygen atoms in total. The first-order valence-electron chi connectivity index (χ1n) is 8.77. The molecule has 2 aromatic carbocycles. The lowest BCUT2D eigenvalue weighted by atomic mass is 10.2. The Morgan fingerprint density at radius 3 is 2.47 bits per heavy atom. The predicted octanol–water partition coefficient (Wildman–Crippen LogP) is 3.60. The third-order valence-corrected chi connectivity index (χ3v) is 7.17. The van der Waals surface area contributed by atoms with E-state index in [0.29, 0.717) is 16.3 Å². The molecule has 0 fully saturated rings. The highest BCUT2D eigenvalue weighted by molar-refractivity contribution is 7.99. The molecule has 0 saturated heterocycles. The Bertz CT molecular complexity index is 1260. The lowest BCUT2D eigenvalue weighted by Gasteiger charge is -2.08. The van der Waals surface area contributed by atoms with Crippen LogP contribution in [0.4, 0.5) is 5.69 Å². The fourth-order valence-electron chi connectivity index (χ4n) is 2.72. The number of carbonyl (C=O) groups is 1. The molecule has 0 aliphatic heterocycles. The average molecular weight is 464 g/mol. The van der Waals surface area contributed by atoms with Crippen molar-refractivity contribution < 1.29 is 13.2 Å². The number of nitrogens with zero attached hydrogens (tertiary/aromatic N) is 1. The van der Waals surface area contributed by atoms with Crippen molar-refractivity contribution in [3.8, 4) is 0 Å². The number of benzene rings is 2. The van der Waals surface area contributed by atoms with Crippen LogP contribution in [-0.2, 0) is 14.6 Å². The molecule has 10 heteroatoms. The minimum absolute atomic E-state index is 0.0191. The standard InChI is InChI=1S/C20H18ClN3O4S2/c1-12-3-8-16(13(2)9-12)30(27,28)17-10-22-20(24-19(17)26)29-11-18(25)23-15-6-4-14(21)5-7-15/h3-10H,11H2,1-2H3,(H,23,25)(H,22,24,26). The zero-order valence-corrected chi connectivity index (χ0v) is 18.5. The van der Waals surface area contributed by atoms with Gasteiger partial charge in [-0.05, 0) is 49.7 Å². The lowest BCUT2D eigenvalue weighted by Crippen LogP contribution is -2.20. The molecule has 1 heterocycles. The molecule has 0 unspecified atom stereocenters. The molecule has 3 aromatic rings. The van der Waals surface area contributed by atoms with Crippen molar-refractivity contribution in [1.29, 1.82) is 0 Å². The lowest BCUT2D eigenvalue weighted by molar-refractivity contribution is -0.113. The highest BCUT2D eigenvalue weighted by Crippen LogP contribution is 2.23. The van der Waals surface area contributed by atoms with E-state index in [2.05, 4.69) is 15.3 Å². The van der Waals surface area contributed by atoms with Crippen LogP contribution in [0.1, 0.15) is 11.1 Å². The molecule has 0 radical (unpaired) electrons. The highest BCUT2D eigenvalue weighted by atomic mass is 35.5. The molecule has 1 aromatic heterocycles. The molecule has 30 heavy (non-hydrogen) atoms. The minimum atomic E-state index is -4.01. The number of H-pyrrole nitrogens is 1. The van der Waals surface area contributed by atoms with Gasteiger partial charge in [0.2, 0.25) is 15.7 Å². The summed E-state index contributed by atoms with van der Waals surface area (Å²) in [6.45, 7) is 3.53. The van der Waals surface area contributed by atoms with E-state index in [1.807, 2.05) is 6.92 Å². The maximum atomic E-state index is 12.9. The summed E-state index contributed by atoms with van der Waals surface area (Å²) in [6.07, 6.45) is 1.02. The van der Waals surface area contributed by atoms with Crippen LogP contribution in [0.5, 0.6) is 0 Å². The summed E-state index contributed by atoms with van der Waals surface area (Å²) in [5.41, 5.74) is 1.26. The van der Waals surface area contributed by atoms with Crippen LogP contribution in [0.2, 0.25) is 5.02 Å². The number of amides is 1. The van der Waals surface area contributed by atoms with E-state index < -0.39 is 20.3 Å². The number of aryl methyl sites for hydroxylation is 2. The van der Waals surface area contributed by atoms with E-state index >= 15 is 0 Å². The van der Waals surface area contributed by atoms with E-state index in [9.17, 15) is 18.0 Å². The van der Waals surface area contributed by atoms with Crippen molar-refractivity contribution in [2.24, 2.45) is 0 Å². The van der Waals surface area contributed by atoms with Crippen molar-refractivity contribution in [1.82, 2.24) is 9.97 Å². The number of thioether (sulfide) groups is 1. The van der Waals surface area contributed by atoms with Gasteiger partial charge in [-0.1, -0.05) is 41.1 Å². The normalized spacial score (nSPS) is 11.3. The number of aromatic nitrogens is 2. The Morgan fingerprint density at radius 2 is 1.83 bits per heavy atom. The third-order valence-electron chi connectivity index (χ3n) is 4.12. The molecular weight excluding hydrogens is 446 g/mol. The first-order valence-corrected chi connectivity index (χ1v) is 11.6. The Labute approximate surface area is 182 Å². The van der Waals surface area contributed by atoms with Crippen molar-refractivity contribution >= 4 is 44.8 Å². The summed E-state index contributed by atoms with van der Waals surface area (Å²) in [5, 5.41) is 3.39. The van der Waals surface area contributed by atoms with Crippen LogP contribution in [0.3, 0.4) is 0 Å². The largest absolute Gasteiger partial charge is 0.325 e. The van der Waals surface area contributed by atoms with Crippen LogP contribution < -0.4 is 10.9 Å². The van der Waals surface area contributed by atoms with Gasteiger partial charge in [-0.25, -0.2) is 13.4 Å². The second-order valence-electron chi connectivity index (χ2n) is 6.50. The fraction of sp³-hybridized carbons (Fsp3) is 0.150. The summed E-state index contributed by atoms with van der Waals surface area (Å²) >= 11 is 6.79. The van der Waals surface area contributed by atoms with Gasteiger partial charge in [0.05, 0.1) is 16.8 Å². The molecule has 0 spiro atoms. The smallest absolute Gasteiger partial charge is 0.270 e. The van der Waals surface area contributed by atoms with E-state index in [1.54, 1.807) is 43.3 Å². The van der Waals surface area contributed by atoms with Crippen LogP contribution in [-0.4, -0.2) is 30.0 Å². The van der Waals surface area contributed by atoms with Crippen molar-refractivity contribution in [3.63, 3.8) is 0 Å². The number of hydrogen-bond donors (Lipinski definition) is 2. The van der Waals surface area contributed by atoms with Crippen LogP contribution in [0.25, 0.3) is 0 Å². The van der Waals surface area contributed by atoms with Crippen molar-refractivity contribution in [2.45, 2.75) is 28.8 Å². The first kappa shape index (κ1) is 22.1. The molecule has 3 rings (SSSR count). The molecular formula is C20H18ClN3O4S2. The van der Waals surface area contributed by atoms with Crippen molar-refractivity contribution in [2.75, 3.05) is 11.1 Å². The van der Waals surface area contributed by atoms with Gasteiger partial charge < -0.3 is 10.3 Å². The summed E-state index contributed by atoms with van der Waals surface area (Å²) in [4.78, 5) is 30.5. The van der Waals surface area contributed by atoms with Gasteiger partial charge in [0.15, 0.2) is 10.1 Å². The zero-order chi connectivity index (χ0) is 21.9. The van der Waals surface area contributed by atoms with Gasteiger partial charge in [0, 0.05) is 10.7 Å². The fourth-order valence-corrected chi connectivity index (χ4v) is 4.93. The number of anilines is 1. The van der Waals surface area contributed by atoms with Gasteiger partial charge in [-0.2, -0.15) is 0 Å². The summed E-state index contributed by atoms with van der Waals surface area (Å²) in [7, 11) is -4.01. The quantitative estimate of drug-likeness (QED) is 0.427. The van der Waals surface area contributed by atoms with Gasteiger partial charge in [0.1, 0.15) is 0 Å². The van der Waals surface area contributed by atoms with Crippen LogP contribution >= 0.6 is 23.4 Å². The molecule has 0 saturated carbocycles.